The molecule has 0 saturated heterocycles. The Balaban J connectivity index is 0.00000169. The van der Waals surface area contributed by atoms with E-state index in [0.29, 0.717) is 11.5 Å². The standard InChI is InChI=1S/C8H10N2O2S.K.H/c9-8(11)10(12)4-1-2-7-3-5-13-6-7;;/h1,3-6,12H,2H2,(H2,9,11);;. The predicted octanol–water partition coefficient (Wildman–Crippen LogP) is 0.926. The van der Waals surface area contributed by atoms with E-state index >= 15 is 0 Å². The molecule has 0 aliphatic rings. The van der Waals surface area contributed by atoms with Gasteiger partial charge in [-0.3, -0.25) is 5.21 Å². The van der Waals surface area contributed by atoms with Gasteiger partial charge in [0.1, 0.15) is 0 Å². The van der Waals surface area contributed by atoms with Crippen molar-refractivity contribution in [2.24, 2.45) is 5.73 Å². The van der Waals surface area contributed by atoms with Crippen LogP contribution in [0.15, 0.2) is 29.1 Å². The minimum absolute atomic E-state index is 0. The molecule has 0 spiro atoms. The van der Waals surface area contributed by atoms with Gasteiger partial charge in [-0.25, -0.2) is 4.79 Å². The number of nitrogens with zero attached hydrogens (tertiary/aromatic N) is 1. The summed E-state index contributed by atoms with van der Waals surface area (Å²) in [5.74, 6) is 0. The quantitative estimate of drug-likeness (QED) is 0.467. The Morgan fingerprint density at radius 2 is 2.43 bits per heavy atom. The molecule has 0 aromatic carbocycles. The molecule has 0 aliphatic carbocycles. The number of nitrogens with two attached hydrogens (primary N) is 1. The summed E-state index contributed by atoms with van der Waals surface area (Å²) in [5.41, 5.74) is 5.92. The molecule has 72 valence electrons. The van der Waals surface area contributed by atoms with E-state index in [0.717, 1.165) is 5.56 Å². The minimum atomic E-state index is -0.887. The van der Waals surface area contributed by atoms with Gasteiger partial charge in [0, 0.05) is 6.20 Å². The molecule has 1 heterocycles. The first-order chi connectivity index (χ1) is 6.20. The van der Waals surface area contributed by atoms with Gasteiger partial charge < -0.3 is 5.73 Å². The second-order valence-corrected chi connectivity index (χ2v) is 3.18. The van der Waals surface area contributed by atoms with Crippen molar-refractivity contribution in [1.82, 2.24) is 5.06 Å². The third kappa shape index (κ3) is 5.25. The summed E-state index contributed by atoms with van der Waals surface area (Å²) < 4.78 is 0. The number of hydrogen-bond donors (Lipinski definition) is 2. The average Bonchev–Trinajstić information content (AvgIpc) is 2.56. The summed E-state index contributed by atoms with van der Waals surface area (Å²) in [4.78, 5) is 10.3. The molecule has 4 nitrogen and oxygen atoms in total. The molecule has 0 aliphatic heterocycles. The molecule has 2 amide bonds. The van der Waals surface area contributed by atoms with Gasteiger partial charge in [0.25, 0.3) is 0 Å². The van der Waals surface area contributed by atoms with Crippen LogP contribution in [0.5, 0.6) is 0 Å². The number of hydroxylamine groups is 2. The molecule has 1 aromatic heterocycles. The SMILES string of the molecule is NC(=O)N(O)C=CCc1ccsc1.[KH]. The van der Waals surface area contributed by atoms with E-state index in [9.17, 15) is 4.79 Å². The zero-order valence-corrected chi connectivity index (χ0v) is 7.70. The van der Waals surface area contributed by atoms with E-state index in [1.165, 1.54) is 6.20 Å². The summed E-state index contributed by atoms with van der Waals surface area (Å²) in [6.45, 7) is 0. The number of rotatable bonds is 3. The Kier molecular flexibility index (Phi) is 7.74. The molecule has 0 bridgehead atoms. The Morgan fingerprint density at radius 3 is 2.93 bits per heavy atom. The fourth-order valence-corrected chi connectivity index (χ4v) is 1.45. The first-order valence-corrected chi connectivity index (χ1v) is 4.59. The molecule has 6 heteroatoms. The van der Waals surface area contributed by atoms with Crippen LogP contribution in [0.2, 0.25) is 0 Å². The second kappa shape index (κ2) is 7.58. The van der Waals surface area contributed by atoms with Crippen molar-refractivity contribution >= 4 is 68.8 Å². The van der Waals surface area contributed by atoms with Crippen LogP contribution in [0.25, 0.3) is 0 Å². The fraction of sp³-hybridized carbons (Fsp3) is 0.125. The molecule has 0 fully saturated rings. The van der Waals surface area contributed by atoms with Crippen LogP contribution in [-0.4, -0.2) is 67.7 Å². The van der Waals surface area contributed by atoms with E-state index in [4.69, 9.17) is 10.9 Å². The monoisotopic (exact) mass is 238 g/mol. The Hall–Kier alpha value is 0.306. The van der Waals surface area contributed by atoms with Gasteiger partial charge in [0.2, 0.25) is 0 Å². The third-order valence-electron chi connectivity index (χ3n) is 1.41. The van der Waals surface area contributed by atoms with Gasteiger partial charge in [0.15, 0.2) is 0 Å². The first-order valence-electron chi connectivity index (χ1n) is 3.65. The van der Waals surface area contributed by atoms with Crippen LogP contribution in [0, 0.1) is 0 Å². The summed E-state index contributed by atoms with van der Waals surface area (Å²) >= 11 is 1.60. The third-order valence-corrected chi connectivity index (χ3v) is 2.14. The van der Waals surface area contributed by atoms with Crippen LogP contribution in [0.1, 0.15) is 5.56 Å². The number of carbonyl (C=O) groups is 1. The van der Waals surface area contributed by atoms with Crippen LogP contribution in [0.3, 0.4) is 0 Å². The van der Waals surface area contributed by atoms with E-state index in [-0.39, 0.29) is 51.4 Å². The van der Waals surface area contributed by atoms with Gasteiger partial charge in [0.05, 0.1) is 0 Å². The second-order valence-electron chi connectivity index (χ2n) is 2.40. The van der Waals surface area contributed by atoms with Crippen LogP contribution < -0.4 is 5.73 Å². The molecule has 1 rings (SSSR count). The molecule has 0 saturated carbocycles. The molecular weight excluding hydrogens is 227 g/mol. The number of carbonyl (C=O) groups excluding carboxylic acids is 1. The van der Waals surface area contributed by atoms with Crippen molar-refractivity contribution in [3.63, 3.8) is 0 Å². The number of amides is 2. The van der Waals surface area contributed by atoms with Crippen LogP contribution in [-0.2, 0) is 6.42 Å². The van der Waals surface area contributed by atoms with Crippen molar-refractivity contribution in [2.45, 2.75) is 6.42 Å². The maximum atomic E-state index is 10.3. The molecule has 3 N–H and O–H groups in total. The summed E-state index contributed by atoms with van der Waals surface area (Å²) in [6.07, 6.45) is 3.57. The number of primary amides is 1. The summed E-state index contributed by atoms with van der Waals surface area (Å²) in [6, 6.07) is 1.09. The summed E-state index contributed by atoms with van der Waals surface area (Å²) in [5, 5.41) is 13.1. The topological polar surface area (TPSA) is 66.6 Å². The number of thiophene rings is 1. The Morgan fingerprint density at radius 1 is 1.71 bits per heavy atom. The van der Waals surface area contributed by atoms with Crippen molar-refractivity contribution < 1.29 is 10.0 Å². The molecule has 0 radical (unpaired) electrons. The normalized spacial score (nSPS) is 9.79. The van der Waals surface area contributed by atoms with E-state index in [2.05, 4.69) is 0 Å². The molecule has 0 atom stereocenters. The molecular formula is C8H11KN2O2S. The number of hydrogen-bond acceptors (Lipinski definition) is 3. The molecule has 0 unspecified atom stereocenters. The van der Waals surface area contributed by atoms with Crippen molar-refractivity contribution in [1.29, 1.82) is 0 Å². The van der Waals surface area contributed by atoms with Gasteiger partial charge in [-0.2, -0.15) is 16.4 Å². The van der Waals surface area contributed by atoms with E-state index < -0.39 is 6.03 Å². The zero-order valence-electron chi connectivity index (χ0n) is 6.88. The van der Waals surface area contributed by atoms with Crippen LogP contribution >= 0.6 is 11.3 Å². The molecule has 1 aromatic rings. The molecule has 14 heavy (non-hydrogen) atoms. The van der Waals surface area contributed by atoms with Gasteiger partial charge in [-0.1, -0.05) is 6.08 Å². The number of urea groups is 1. The van der Waals surface area contributed by atoms with E-state index in [1.54, 1.807) is 17.4 Å². The fourth-order valence-electron chi connectivity index (χ4n) is 0.771. The summed E-state index contributed by atoms with van der Waals surface area (Å²) in [7, 11) is 0. The Bertz CT molecular complexity index is 300. The van der Waals surface area contributed by atoms with Crippen LogP contribution in [0.4, 0.5) is 4.79 Å². The average molecular weight is 238 g/mol. The first kappa shape index (κ1) is 14.3. The van der Waals surface area contributed by atoms with Gasteiger partial charge >= 0.3 is 57.4 Å². The van der Waals surface area contributed by atoms with Gasteiger partial charge in [-0.15, -0.1) is 0 Å². The predicted molar refractivity (Wildman–Crippen MR) is 57.5 cm³/mol. The zero-order chi connectivity index (χ0) is 9.68. The van der Waals surface area contributed by atoms with Crippen molar-refractivity contribution in [3.05, 3.63) is 34.7 Å². The number of allylic oxidation sites excluding steroid dienone is 1. The van der Waals surface area contributed by atoms with E-state index in [1.807, 2.05) is 16.8 Å². The Labute approximate surface area is 129 Å². The maximum absolute atomic E-state index is 10.3. The van der Waals surface area contributed by atoms with Crippen molar-refractivity contribution in [3.8, 4) is 0 Å². The van der Waals surface area contributed by atoms with Gasteiger partial charge in [-0.05, 0) is 28.8 Å². The van der Waals surface area contributed by atoms with Crippen molar-refractivity contribution in [2.75, 3.05) is 0 Å².